The van der Waals surface area contributed by atoms with Crippen molar-refractivity contribution >= 4 is 0 Å². The summed E-state index contributed by atoms with van der Waals surface area (Å²) >= 11 is 0. The lowest BCUT2D eigenvalue weighted by Crippen LogP contribution is -2.14. The van der Waals surface area contributed by atoms with E-state index in [1.165, 1.54) is 55.6 Å². The van der Waals surface area contributed by atoms with Gasteiger partial charge in [0.1, 0.15) is 0 Å². The van der Waals surface area contributed by atoms with E-state index in [1.54, 1.807) is 0 Å². The van der Waals surface area contributed by atoms with Gasteiger partial charge in [0, 0.05) is 22.1 Å². The van der Waals surface area contributed by atoms with Gasteiger partial charge in [0.05, 0.1) is 11.4 Å². The van der Waals surface area contributed by atoms with Gasteiger partial charge in [-0.1, -0.05) is 147 Å². The molecule has 0 bridgehead atoms. The van der Waals surface area contributed by atoms with E-state index in [9.17, 15) is 0 Å². The largest absolute Gasteiger partial charge is 0.228 e. The maximum absolute atomic E-state index is 5.17. The molecule has 47 heavy (non-hydrogen) atoms. The number of hydrogen-bond acceptors (Lipinski definition) is 2. The summed E-state index contributed by atoms with van der Waals surface area (Å²) in [5.74, 6) is 0.729. The topological polar surface area (TPSA) is 25.8 Å². The zero-order chi connectivity index (χ0) is 32.1. The van der Waals surface area contributed by atoms with E-state index in [-0.39, 0.29) is 5.41 Å². The molecule has 0 radical (unpaired) electrons. The lowest BCUT2D eigenvalue weighted by Gasteiger charge is -2.22. The van der Waals surface area contributed by atoms with Crippen molar-refractivity contribution in [2.75, 3.05) is 0 Å². The maximum Gasteiger partial charge on any atom is 0.161 e. The van der Waals surface area contributed by atoms with E-state index in [1.807, 2.05) is 12.1 Å². The molecule has 0 spiro atoms. The molecule has 2 heteroatoms. The van der Waals surface area contributed by atoms with Gasteiger partial charge in [0.25, 0.3) is 0 Å². The molecule has 0 amide bonds. The Morgan fingerprint density at radius 2 is 0.957 bits per heavy atom. The lowest BCUT2D eigenvalue weighted by atomic mass is 9.81. The predicted octanol–water partition coefficient (Wildman–Crippen LogP) is 11.7. The van der Waals surface area contributed by atoms with Gasteiger partial charge in [-0.15, -0.1) is 0 Å². The number of benzene rings is 6. The third-order valence-corrected chi connectivity index (χ3v) is 9.79. The van der Waals surface area contributed by atoms with E-state index in [2.05, 4.69) is 161 Å². The van der Waals surface area contributed by atoms with Crippen molar-refractivity contribution in [1.29, 1.82) is 0 Å². The van der Waals surface area contributed by atoms with Crippen LogP contribution in [0.4, 0.5) is 0 Å². The predicted molar refractivity (Wildman–Crippen MR) is 196 cm³/mol. The van der Waals surface area contributed by atoms with Gasteiger partial charge in [-0.25, -0.2) is 9.97 Å². The van der Waals surface area contributed by atoms with Crippen LogP contribution in [0.2, 0.25) is 0 Å². The molecule has 0 saturated carbocycles. The minimum Gasteiger partial charge on any atom is -0.228 e. The molecule has 226 valence electrons. The minimum absolute atomic E-state index is 0.0279. The molecule has 1 aliphatic rings. The first-order valence-corrected chi connectivity index (χ1v) is 16.3. The highest BCUT2D eigenvalue weighted by atomic mass is 14.9. The summed E-state index contributed by atoms with van der Waals surface area (Å²) in [6.07, 6.45) is 0. The average molecular weight is 605 g/mol. The Bertz CT molecular complexity index is 2220. The number of nitrogens with zero attached hydrogens (tertiary/aromatic N) is 2. The molecule has 2 nitrogen and oxygen atoms in total. The number of fused-ring (bicyclic) bond motifs is 3. The fraction of sp³-hybridized carbons (Fsp3) is 0.111. The van der Waals surface area contributed by atoms with Crippen molar-refractivity contribution in [3.8, 4) is 67.3 Å². The van der Waals surface area contributed by atoms with Crippen LogP contribution in [0.5, 0.6) is 0 Å². The van der Waals surface area contributed by atoms with Crippen LogP contribution >= 0.6 is 0 Å². The van der Waals surface area contributed by atoms with Crippen molar-refractivity contribution < 1.29 is 0 Å². The Balaban J connectivity index is 1.24. The average Bonchev–Trinajstić information content (AvgIpc) is 3.34. The highest BCUT2D eigenvalue weighted by Crippen LogP contribution is 2.49. The molecule has 0 aliphatic heterocycles. The van der Waals surface area contributed by atoms with E-state index < -0.39 is 0 Å². The van der Waals surface area contributed by atoms with Gasteiger partial charge in [-0.05, 0) is 81.6 Å². The van der Waals surface area contributed by atoms with Gasteiger partial charge in [0.15, 0.2) is 5.82 Å². The maximum atomic E-state index is 5.17. The molecule has 0 fully saturated rings. The molecule has 1 aliphatic carbocycles. The van der Waals surface area contributed by atoms with Gasteiger partial charge in [0.2, 0.25) is 0 Å². The van der Waals surface area contributed by atoms with Crippen LogP contribution in [0.1, 0.15) is 36.1 Å². The first-order chi connectivity index (χ1) is 22.9. The molecule has 8 rings (SSSR count). The lowest BCUT2D eigenvalue weighted by molar-refractivity contribution is 0.660. The summed E-state index contributed by atoms with van der Waals surface area (Å²) < 4.78 is 0. The molecule has 1 heterocycles. The highest BCUT2D eigenvalue weighted by molar-refractivity contribution is 5.88. The van der Waals surface area contributed by atoms with Crippen molar-refractivity contribution in [2.45, 2.75) is 33.1 Å². The van der Waals surface area contributed by atoms with E-state index in [0.29, 0.717) is 0 Å². The molecule has 7 aromatic rings. The number of rotatable bonds is 5. The monoisotopic (exact) mass is 604 g/mol. The Labute approximate surface area is 277 Å². The Kier molecular flexibility index (Phi) is 6.95. The smallest absolute Gasteiger partial charge is 0.161 e. The molecule has 0 N–H and O–H groups in total. The fourth-order valence-electron chi connectivity index (χ4n) is 7.30. The minimum atomic E-state index is -0.0279. The van der Waals surface area contributed by atoms with Crippen LogP contribution in [-0.4, -0.2) is 9.97 Å². The molecule has 1 aromatic heterocycles. The molecule has 0 saturated heterocycles. The summed E-state index contributed by atoms with van der Waals surface area (Å²) in [5.41, 5.74) is 17.7. The Morgan fingerprint density at radius 1 is 0.404 bits per heavy atom. The number of hydrogen-bond donors (Lipinski definition) is 0. The van der Waals surface area contributed by atoms with Gasteiger partial charge in [-0.2, -0.15) is 0 Å². The SMILES string of the molecule is Cc1cc(-c2ccc3c(c2)C(C)(C)c2ccccc2-3)ccc1-c1c(C)cccc1-c1nc(-c2ccccc2)cc(-c2ccccc2)n1. The van der Waals surface area contributed by atoms with Crippen molar-refractivity contribution in [3.05, 3.63) is 168 Å². The third-order valence-electron chi connectivity index (χ3n) is 9.79. The van der Waals surface area contributed by atoms with Crippen molar-refractivity contribution in [2.24, 2.45) is 0 Å². The zero-order valence-electron chi connectivity index (χ0n) is 27.3. The van der Waals surface area contributed by atoms with Gasteiger partial charge in [-0.3, -0.25) is 0 Å². The second-order valence-corrected chi connectivity index (χ2v) is 13.2. The summed E-state index contributed by atoms with van der Waals surface area (Å²) in [4.78, 5) is 10.3. The van der Waals surface area contributed by atoms with Crippen LogP contribution in [0, 0.1) is 13.8 Å². The molecular weight excluding hydrogens is 569 g/mol. The summed E-state index contributed by atoms with van der Waals surface area (Å²) in [7, 11) is 0. The number of aryl methyl sites for hydroxylation is 2. The van der Waals surface area contributed by atoms with Gasteiger partial charge < -0.3 is 0 Å². The van der Waals surface area contributed by atoms with E-state index in [4.69, 9.17) is 9.97 Å². The van der Waals surface area contributed by atoms with E-state index in [0.717, 1.165) is 33.9 Å². The first-order valence-electron chi connectivity index (χ1n) is 16.3. The van der Waals surface area contributed by atoms with Crippen molar-refractivity contribution in [3.63, 3.8) is 0 Å². The van der Waals surface area contributed by atoms with Crippen LogP contribution in [0.15, 0.2) is 146 Å². The fourth-order valence-corrected chi connectivity index (χ4v) is 7.30. The summed E-state index contributed by atoms with van der Waals surface area (Å²) in [6.45, 7) is 9.09. The molecule has 0 unspecified atom stereocenters. The highest BCUT2D eigenvalue weighted by Gasteiger charge is 2.35. The standard InChI is InChI=1S/C45H36N2/c1-29-14-13-20-38(44-46-41(31-15-7-5-8-16-31)28-42(47-44)32-17-9-6-10-18-32)43(29)35-24-22-33(26-30(35)2)34-23-25-37-36-19-11-12-21-39(36)45(3,4)40(37)27-34/h5-28H,1-4H3. The summed E-state index contributed by atoms with van der Waals surface area (Å²) in [5, 5.41) is 0. The molecule has 6 aromatic carbocycles. The van der Waals surface area contributed by atoms with Crippen LogP contribution < -0.4 is 0 Å². The van der Waals surface area contributed by atoms with Gasteiger partial charge >= 0.3 is 0 Å². The Morgan fingerprint density at radius 3 is 1.62 bits per heavy atom. The van der Waals surface area contributed by atoms with Crippen LogP contribution in [0.3, 0.4) is 0 Å². The second kappa shape index (κ2) is 11.3. The number of aromatic nitrogens is 2. The van der Waals surface area contributed by atoms with E-state index >= 15 is 0 Å². The van der Waals surface area contributed by atoms with Crippen LogP contribution in [0.25, 0.3) is 67.3 Å². The second-order valence-electron chi connectivity index (χ2n) is 13.2. The quantitative estimate of drug-likeness (QED) is 0.195. The van der Waals surface area contributed by atoms with Crippen LogP contribution in [-0.2, 0) is 5.41 Å². The Hall–Kier alpha value is -5.60. The first kappa shape index (κ1) is 28.8. The molecular formula is C45H36N2. The normalized spacial score (nSPS) is 12.9. The molecule has 0 atom stereocenters. The third kappa shape index (κ3) is 4.98. The summed E-state index contributed by atoms with van der Waals surface area (Å²) in [6, 6.07) is 52.0. The zero-order valence-corrected chi connectivity index (χ0v) is 27.3. The van der Waals surface area contributed by atoms with Crippen molar-refractivity contribution in [1.82, 2.24) is 9.97 Å².